The lowest BCUT2D eigenvalue weighted by atomic mass is 10.1. The van der Waals surface area contributed by atoms with Crippen LogP contribution in [0.25, 0.3) is 0 Å². The minimum absolute atomic E-state index is 0.109. The van der Waals surface area contributed by atoms with Gasteiger partial charge in [0.2, 0.25) is 0 Å². The van der Waals surface area contributed by atoms with Gasteiger partial charge in [-0.3, -0.25) is 4.79 Å². The molecular formula is C9H14F3NO. The van der Waals surface area contributed by atoms with E-state index in [-0.39, 0.29) is 6.54 Å². The zero-order valence-electron chi connectivity index (χ0n) is 8.48. The zero-order chi connectivity index (χ0) is 11.6. The molecule has 0 radical (unpaired) electrons. The summed E-state index contributed by atoms with van der Waals surface area (Å²) in [4.78, 5) is 11.7. The molecule has 1 amide bonds. The van der Waals surface area contributed by atoms with Crippen molar-refractivity contribution in [2.45, 2.75) is 32.5 Å². The van der Waals surface area contributed by atoms with Gasteiger partial charge >= 0.3 is 12.1 Å². The van der Waals surface area contributed by atoms with Crippen LogP contribution in [0.3, 0.4) is 0 Å². The topological polar surface area (TPSA) is 20.3 Å². The van der Waals surface area contributed by atoms with Crippen molar-refractivity contribution in [3.63, 3.8) is 0 Å². The second kappa shape index (κ2) is 4.02. The average Bonchev–Trinajstić information content (AvgIpc) is 1.94. The third-order valence-electron chi connectivity index (χ3n) is 1.61. The van der Waals surface area contributed by atoms with Crippen LogP contribution < -0.4 is 0 Å². The highest BCUT2D eigenvalue weighted by Crippen LogP contribution is 2.23. The monoisotopic (exact) mass is 209 g/mol. The van der Waals surface area contributed by atoms with Gasteiger partial charge in [-0.2, -0.15) is 13.2 Å². The molecule has 0 heterocycles. The van der Waals surface area contributed by atoms with Gasteiger partial charge in [0, 0.05) is 12.1 Å². The summed E-state index contributed by atoms with van der Waals surface area (Å²) >= 11 is 0. The molecule has 0 aromatic carbocycles. The number of alkyl halides is 3. The summed E-state index contributed by atoms with van der Waals surface area (Å²) in [6.45, 7) is 7.83. The van der Waals surface area contributed by atoms with Gasteiger partial charge in [-0.25, -0.2) is 0 Å². The second-order valence-electron chi connectivity index (χ2n) is 3.87. The van der Waals surface area contributed by atoms with Gasteiger partial charge < -0.3 is 4.90 Å². The molecule has 0 aliphatic heterocycles. The first-order valence-corrected chi connectivity index (χ1v) is 4.10. The fourth-order valence-electron chi connectivity index (χ4n) is 0.944. The molecule has 0 unspecified atom stereocenters. The molecule has 2 nitrogen and oxygen atoms in total. The summed E-state index contributed by atoms with van der Waals surface area (Å²) in [5, 5.41) is 0. The van der Waals surface area contributed by atoms with E-state index in [1.54, 1.807) is 20.8 Å². The number of carbonyl (C=O) groups is 1. The van der Waals surface area contributed by atoms with Gasteiger partial charge in [0.25, 0.3) is 0 Å². The lowest BCUT2D eigenvalue weighted by Crippen LogP contribution is -2.51. The molecular weight excluding hydrogens is 195 g/mol. The number of carbonyl (C=O) groups excluding carboxylic acids is 1. The number of amides is 1. The summed E-state index contributed by atoms with van der Waals surface area (Å²) in [5.41, 5.74) is -0.860. The Morgan fingerprint density at radius 1 is 1.36 bits per heavy atom. The highest BCUT2D eigenvalue weighted by molar-refractivity contribution is 5.82. The molecule has 0 N–H and O–H groups in total. The van der Waals surface area contributed by atoms with E-state index in [0.29, 0.717) is 0 Å². The Hall–Kier alpha value is -1.00. The number of hydrogen-bond donors (Lipinski definition) is 0. The average molecular weight is 209 g/mol. The van der Waals surface area contributed by atoms with Crippen LogP contribution in [0, 0.1) is 0 Å². The van der Waals surface area contributed by atoms with E-state index < -0.39 is 17.6 Å². The third-order valence-corrected chi connectivity index (χ3v) is 1.61. The van der Waals surface area contributed by atoms with E-state index in [1.165, 1.54) is 6.08 Å². The van der Waals surface area contributed by atoms with Crippen LogP contribution in [0.15, 0.2) is 12.7 Å². The van der Waals surface area contributed by atoms with Crippen molar-refractivity contribution in [3.8, 4) is 0 Å². The third kappa shape index (κ3) is 3.40. The van der Waals surface area contributed by atoms with Crippen molar-refractivity contribution in [3.05, 3.63) is 12.7 Å². The molecule has 0 saturated heterocycles. The highest BCUT2D eigenvalue weighted by Gasteiger charge is 2.45. The molecule has 0 spiro atoms. The Labute approximate surface area is 81.4 Å². The summed E-state index contributed by atoms with van der Waals surface area (Å²) in [6.07, 6.45) is -3.55. The highest BCUT2D eigenvalue weighted by atomic mass is 19.4. The molecule has 0 aliphatic carbocycles. The van der Waals surface area contributed by atoms with Crippen LogP contribution in [0.1, 0.15) is 20.8 Å². The number of hydrogen-bond acceptors (Lipinski definition) is 1. The van der Waals surface area contributed by atoms with Gasteiger partial charge in [0.05, 0.1) is 0 Å². The van der Waals surface area contributed by atoms with Crippen LogP contribution in [-0.4, -0.2) is 29.1 Å². The Morgan fingerprint density at radius 3 is 2.00 bits per heavy atom. The van der Waals surface area contributed by atoms with Crippen LogP contribution in [-0.2, 0) is 4.79 Å². The van der Waals surface area contributed by atoms with Crippen molar-refractivity contribution in [1.82, 2.24) is 4.90 Å². The van der Waals surface area contributed by atoms with Gasteiger partial charge in [-0.15, -0.1) is 6.58 Å². The second-order valence-corrected chi connectivity index (χ2v) is 3.87. The quantitative estimate of drug-likeness (QED) is 0.639. The SMILES string of the molecule is C=CCN(C(=O)C(F)(F)F)C(C)(C)C. The van der Waals surface area contributed by atoms with Crippen molar-refractivity contribution >= 4 is 5.91 Å². The van der Waals surface area contributed by atoms with Crippen LogP contribution >= 0.6 is 0 Å². The molecule has 0 bridgehead atoms. The summed E-state index contributed by atoms with van der Waals surface area (Å²) in [7, 11) is 0. The molecule has 0 aromatic rings. The molecule has 5 heteroatoms. The van der Waals surface area contributed by atoms with Crippen LogP contribution in [0.2, 0.25) is 0 Å². The van der Waals surface area contributed by atoms with Crippen molar-refractivity contribution in [2.24, 2.45) is 0 Å². The van der Waals surface area contributed by atoms with Gasteiger partial charge in [0.1, 0.15) is 0 Å². The maximum absolute atomic E-state index is 12.1. The molecule has 82 valence electrons. The first-order valence-electron chi connectivity index (χ1n) is 4.10. The lowest BCUT2D eigenvalue weighted by Gasteiger charge is -2.35. The fourth-order valence-corrected chi connectivity index (χ4v) is 0.944. The first-order chi connectivity index (χ1) is 6.10. The predicted octanol–water partition coefficient (Wildman–Crippen LogP) is 2.36. The minimum atomic E-state index is -4.82. The number of halogens is 3. The van der Waals surface area contributed by atoms with Gasteiger partial charge in [-0.05, 0) is 20.8 Å². The molecule has 0 aromatic heterocycles. The first kappa shape index (κ1) is 13.0. The van der Waals surface area contributed by atoms with E-state index in [9.17, 15) is 18.0 Å². The van der Waals surface area contributed by atoms with Crippen molar-refractivity contribution in [1.29, 1.82) is 0 Å². The van der Waals surface area contributed by atoms with E-state index >= 15 is 0 Å². The molecule has 0 aliphatic rings. The normalized spacial score (nSPS) is 12.4. The smallest absolute Gasteiger partial charge is 0.326 e. The van der Waals surface area contributed by atoms with E-state index in [2.05, 4.69) is 6.58 Å². The van der Waals surface area contributed by atoms with E-state index in [0.717, 1.165) is 4.90 Å². The summed E-state index contributed by atoms with van der Waals surface area (Å²) < 4.78 is 36.4. The maximum atomic E-state index is 12.1. The fraction of sp³-hybridized carbons (Fsp3) is 0.667. The van der Waals surface area contributed by atoms with Crippen LogP contribution in [0.5, 0.6) is 0 Å². The van der Waals surface area contributed by atoms with Gasteiger partial charge in [-0.1, -0.05) is 6.08 Å². The van der Waals surface area contributed by atoms with E-state index in [1.807, 2.05) is 0 Å². The summed E-state index contributed by atoms with van der Waals surface area (Å²) in [6, 6.07) is 0. The standard InChI is InChI=1S/C9H14F3NO/c1-5-6-13(8(2,3)4)7(14)9(10,11)12/h5H,1,6H2,2-4H3. The maximum Gasteiger partial charge on any atom is 0.471 e. The molecule has 0 saturated carbocycles. The molecule has 0 rings (SSSR count). The largest absolute Gasteiger partial charge is 0.471 e. The minimum Gasteiger partial charge on any atom is -0.326 e. The Balaban J connectivity index is 4.85. The summed E-state index contributed by atoms with van der Waals surface area (Å²) in [5.74, 6) is -1.83. The zero-order valence-corrected chi connectivity index (χ0v) is 8.48. The van der Waals surface area contributed by atoms with Crippen molar-refractivity contribution < 1.29 is 18.0 Å². The Bertz CT molecular complexity index is 227. The molecule has 0 atom stereocenters. The lowest BCUT2D eigenvalue weighted by molar-refractivity contribution is -0.189. The van der Waals surface area contributed by atoms with Crippen molar-refractivity contribution in [2.75, 3.05) is 6.54 Å². The van der Waals surface area contributed by atoms with E-state index in [4.69, 9.17) is 0 Å². The van der Waals surface area contributed by atoms with Crippen LogP contribution in [0.4, 0.5) is 13.2 Å². The predicted molar refractivity (Wildman–Crippen MR) is 47.7 cm³/mol. The number of nitrogens with zero attached hydrogens (tertiary/aromatic N) is 1. The van der Waals surface area contributed by atoms with Gasteiger partial charge in [0.15, 0.2) is 0 Å². The molecule has 0 fully saturated rings. The molecule has 14 heavy (non-hydrogen) atoms. The number of rotatable bonds is 2. The Kier molecular flexibility index (Phi) is 3.73. The Morgan fingerprint density at radius 2 is 1.79 bits per heavy atom.